The van der Waals surface area contributed by atoms with E-state index < -0.39 is 35.7 Å². The predicted molar refractivity (Wildman–Crippen MR) is 58.5 cm³/mol. The monoisotopic (exact) mass is 257 g/mol. The van der Waals surface area contributed by atoms with E-state index in [1.165, 1.54) is 6.92 Å². The number of carboxylic acid groups (broad SMARTS) is 3. The Morgan fingerprint density at radius 2 is 1.06 bits per heavy atom. The quantitative estimate of drug-likeness (QED) is 0.680. The second-order valence-electron chi connectivity index (χ2n) is 4.04. The van der Waals surface area contributed by atoms with Crippen molar-refractivity contribution in [2.45, 2.75) is 26.2 Å². The second-order valence-corrected chi connectivity index (χ2v) is 4.04. The van der Waals surface area contributed by atoms with Crippen molar-refractivity contribution < 1.29 is 29.7 Å². The van der Waals surface area contributed by atoms with Crippen molar-refractivity contribution in [3.63, 3.8) is 0 Å². The van der Waals surface area contributed by atoms with E-state index in [-0.39, 0.29) is 19.3 Å². The highest BCUT2D eigenvalue weighted by molar-refractivity contribution is 5.78. The summed E-state index contributed by atoms with van der Waals surface area (Å²) in [4.78, 5) is 32.1. The van der Waals surface area contributed by atoms with Crippen LogP contribution in [0.15, 0.2) is 0 Å². The van der Waals surface area contributed by atoms with Crippen molar-refractivity contribution in [1.82, 2.24) is 0 Å². The summed E-state index contributed by atoms with van der Waals surface area (Å²) in [5.74, 6) is -5.94. The SMILES string of the molecule is CC#N.O=C(O)C1CC(C(=O)O)CC(C(=O)O)C1. The molecular weight excluding hydrogens is 242 g/mol. The fraction of sp³-hybridized carbons (Fsp3) is 0.636. The third-order valence-electron chi connectivity index (χ3n) is 2.75. The van der Waals surface area contributed by atoms with E-state index in [9.17, 15) is 14.4 Å². The summed E-state index contributed by atoms with van der Waals surface area (Å²) in [5, 5.41) is 33.6. The van der Waals surface area contributed by atoms with Crippen molar-refractivity contribution in [3.05, 3.63) is 0 Å². The molecule has 0 spiro atoms. The van der Waals surface area contributed by atoms with Gasteiger partial charge in [0.2, 0.25) is 0 Å². The molecule has 1 rings (SSSR count). The normalized spacial score (nSPS) is 26.1. The minimum absolute atomic E-state index is 0.0223. The zero-order chi connectivity index (χ0) is 14.3. The number of hydrogen-bond acceptors (Lipinski definition) is 4. The maximum atomic E-state index is 10.7. The van der Waals surface area contributed by atoms with E-state index in [0.717, 1.165) is 0 Å². The number of carboxylic acids is 3. The van der Waals surface area contributed by atoms with Crippen LogP contribution < -0.4 is 0 Å². The third kappa shape index (κ3) is 4.82. The third-order valence-corrected chi connectivity index (χ3v) is 2.75. The molecule has 1 aliphatic rings. The molecule has 0 unspecified atom stereocenters. The summed E-state index contributed by atoms with van der Waals surface area (Å²) >= 11 is 0. The molecule has 1 saturated carbocycles. The van der Waals surface area contributed by atoms with Crippen LogP contribution >= 0.6 is 0 Å². The molecule has 0 aromatic carbocycles. The topological polar surface area (TPSA) is 136 Å². The van der Waals surface area contributed by atoms with Crippen molar-refractivity contribution in [2.75, 3.05) is 0 Å². The van der Waals surface area contributed by atoms with Crippen LogP contribution in [0.5, 0.6) is 0 Å². The molecule has 0 radical (unpaired) electrons. The first kappa shape index (κ1) is 15.9. The van der Waals surface area contributed by atoms with Gasteiger partial charge in [0.15, 0.2) is 0 Å². The summed E-state index contributed by atoms with van der Waals surface area (Å²) in [6.07, 6.45) is 0.0668. The van der Waals surface area contributed by atoms with Gasteiger partial charge in [-0.05, 0) is 19.3 Å². The van der Waals surface area contributed by atoms with Gasteiger partial charge in [-0.15, -0.1) is 0 Å². The Balaban J connectivity index is 0.000000873. The molecule has 0 saturated heterocycles. The van der Waals surface area contributed by atoms with Gasteiger partial charge in [0.25, 0.3) is 0 Å². The molecule has 0 atom stereocenters. The maximum Gasteiger partial charge on any atom is 0.306 e. The van der Waals surface area contributed by atoms with E-state index in [1.54, 1.807) is 6.07 Å². The zero-order valence-corrected chi connectivity index (χ0v) is 9.87. The van der Waals surface area contributed by atoms with Crippen molar-refractivity contribution in [3.8, 4) is 6.07 Å². The molecule has 0 bridgehead atoms. The van der Waals surface area contributed by atoms with Crippen LogP contribution in [0.3, 0.4) is 0 Å². The van der Waals surface area contributed by atoms with Gasteiger partial charge in [-0.2, -0.15) is 5.26 Å². The lowest BCUT2D eigenvalue weighted by Gasteiger charge is -2.28. The summed E-state index contributed by atoms with van der Waals surface area (Å²) in [7, 11) is 0. The lowest BCUT2D eigenvalue weighted by Crippen LogP contribution is -2.34. The van der Waals surface area contributed by atoms with Crippen LogP contribution in [0.1, 0.15) is 26.2 Å². The van der Waals surface area contributed by atoms with E-state index in [0.29, 0.717) is 0 Å². The van der Waals surface area contributed by atoms with Gasteiger partial charge in [-0.25, -0.2) is 0 Å². The zero-order valence-electron chi connectivity index (χ0n) is 9.87. The van der Waals surface area contributed by atoms with E-state index in [2.05, 4.69) is 0 Å². The first-order valence-corrected chi connectivity index (χ1v) is 5.32. The van der Waals surface area contributed by atoms with E-state index >= 15 is 0 Å². The van der Waals surface area contributed by atoms with Gasteiger partial charge in [0, 0.05) is 6.92 Å². The van der Waals surface area contributed by atoms with Crippen molar-refractivity contribution >= 4 is 17.9 Å². The molecular formula is C11H15NO6. The molecule has 0 heterocycles. The highest BCUT2D eigenvalue weighted by Gasteiger charge is 2.38. The fourth-order valence-electron chi connectivity index (χ4n) is 1.92. The van der Waals surface area contributed by atoms with Crippen molar-refractivity contribution in [2.24, 2.45) is 17.8 Å². The average Bonchev–Trinajstić information content (AvgIpc) is 2.29. The number of nitriles is 1. The van der Waals surface area contributed by atoms with Crippen LogP contribution in [-0.2, 0) is 14.4 Å². The first-order chi connectivity index (χ1) is 8.33. The molecule has 100 valence electrons. The summed E-state index contributed by atoms with van der Waals surface area (Å²) in [6, 6.07) is 1.75. The average molecular weight is 257 g/mol. The highest BCUT2D eigenvalue weighted by Crippen LogP contribution is 2.33. The Morgan fingerprint density at radius 1 is 0.889 bits per heavy atom. The van der Waals surface area contributed by atoms with Crippen LogP contribution in [0.25, 0.3) is 0 Å². The Morgan fingerprint density at radius 3 is 1.17 bits per heavy atom. The maximum absolute atomic E-state index is 10.7. The number of carbonyl (C=O) groups is 3. The second kappa shape index (κ2) is 7.27. The molecule has 18 heavy (non-hydrogen) atoms. The van der Waals surface area contributed by atoms with Gasteiger partial charge < -0.3 is 15.3 Å². The van der Waals surface area contributed by atoms with Crippen LogP contribution in [0.4, 0.5) is 0 Å². The lowest BCUT2D eigenvalue weighted by molar-refractivity contribution is -0.153. The van der Waals surface area contributed by atoms with Gasteiger partial charge in [0.1, 0.15) is 0 Å². The van der Waals surface area contributed by atoms with Gasteiger partial charge >= 0.3 is 17.9 Å². The van der Waals surface area contributed by atoms with Gasteiger partial charge in [-0.3, -0.25) is 14.4 Å². The number of aliphatic carboxylic acids is 3. The Kier molecular flexibility index (Phi) is 6.42. The fourth-order valence-corrected chi connectivity index (χ4v) is 1.92. The van der Waals surface area contributed by atoms with E-state index in [1.807, 2.05) is 0 Å². The molecule has 1 aliphatic carbocycles. The lowest BCUT2D eigenvalue weighted by atomic mass is 9.75. The predicted octanol–water partition coefficient (Wildman–Crippen LogP) is 0.803. The molecule has 7 nitrogen and oxygen atoms in total. The summed E-state index contributed by atoms with van der Waals surface area (Å²) in [5.41, 5.74) is 0. The molecule has 3 N–H and O–H groups in total. The summed E-state index contributed by atoms with van der Waals surface area (Å²) < 4.78 is 0. The minimum atomic E-state index is -1.12. The molecule has 7 heteroatoms. The van der Waals surface area contributed by atoms with Crippen LogP contribution in [0.2, 0.25) is 0 Å². The van der Waals surface area contributed by atoms with Crippen molar-refractivity contribution in [1.29, 1.82) is 5.26 Å². The Hall–Kier alpha value is -2.10. The number of rotatable bonds is 3. The van der Waals surface area contributed by atoms with Crippen LogP contribution in [-0.4, -0.2) is 33.2 Å². The smallest absolute Gasteiger partial charge is 0.306 e. The largest absolute Gasteiger partial charge is 0.481 e. The number of hydrogen-bond donors (Lipinski definition) is 3. The van der Waals surface area contributed by atoms with Gasteiger partial charge in [0.05, 0.1) is 23.8 Å². The molecule has 0 aliphatic heterocycles. The molecule has 0 amide bonds. The standard InChI is InChI=1S/C9H12O6.C2H3N/c10-7(11)4-1-5(8(12)13)3-6(2-4)9(14)15;1-2-3/h4-6H,1-3H2,(H,10,11)(H,12,13)(H,14,15);1H3. The minimum Gasteiger partial charge on any atom is -0.481 e. The van der Waals surface area contributed by atoms with Gasteiger partial charge in [-0.1, -0.05) is 0 Å². The van der Waals surface area contributed by atoms with E-state index in [4.69, 9.17) is 20.6 Å². The molecule has 0 aromatic heterocycles. The molecule has 1 fully saturated rings. The molecule has 0 aromatic rings. The Labute approximate surface area is 104 Å². The first-order valence-electron chi connectivity index (χ1n) is 5.32. The summed E-state index contributed by atoms with van der Waals surface area (Å²) in [6.45, 7) is 1.43. The Bertz CT molecular complexity index is 319. The highest BCUT2D eigenvalue weighted by atomic mass is 16.4. The van der Waals surface area contributed by atoms with Crippen LogP contribution in [0, 0.1) is 29.1 Å². The number of nitrogens with zero attached hydrogens (tertiary/aromatic N) is 1.